The third-order valence-electron chi connectivity index (χ3n) is 3.56. The number of nitrogens with one attached hydrogen (secondary N) is 1. The van der Waals surface area contributed by atoms with Gasteiger partial charge in [-0.3, -0.25) is 10.1 Å². The molecule has 20 heavy (non-hydrogen) atoms. The van der Waals surface area contributed by atoms with Gasteiger partial charge in [0.15, 0.2) is 0 Å². The largest absolute Gasteiger partial charge is 0.378 e. The monoisotopic (exact) mass is 280 g/mol. The number of amides is 1. The molecule has 2 atom stereocenters. The number of halogens is 1. The maximum Gasteiger partial charge on any atom is 0.239 e. The van der Waals surface area contributed by atoms with Crippen LogP contribution in [-0.2, 0) is 9.53 Å². The van der Waals surface area contributed by atoms with Crippen molar-refractivity contribution in [3.05, 3.63) is 35.6 Å². The van der Waals surface area contributed by atoms with Crippen LogP contribution in [0.1, 0.15) is 25.5 Å². The highest BCUT2D eigenvalue weighted by Gasteiger charge is 2.24. The number of morpholine rings is 1. The minimum atomic E-state index is -0.345. The summed E-state index contributed by atoms with van der Waals surface area (Å²) in [5.74, 6) is -0.213. The quantitative estimate of drug-likeness (QED) is 0.913. The van der Waals surface area contributed by atoms with Gasteiger partial charge in [0.1, 0.15) is 5.82 Å². The number of rotatable bonds is 4. The highest BCUT2D eigenvalue weighted by molar-refractivity contribution is 5.81. The first-order valence-electron chi connectivity index (χ1n) is 6.96. The van der Waals surface area contributed by atoms with Crippen molar-refractivity contribution in [2.24, 2.45) is 0 Å². The van der Waals surface area contributed by atoms with Crippen molar-refractivity contribution in [3.63, 3.8) is 0 Å². The van der Waals surface area contributed by atoms with Crippen molar-refractivity contribution < 1.29 is 13.9 Å². The predicted octanol–water partition coefficient (Wildman–Crippen LogP) is 1.72. The van der Waals surface area contributed by atoms with Gasteiger partial charge in [-0.15, -0.1) is 0 Å². The standard InChI is InChI=1S/C15H21FN2O2/c1-11(13-5-3-4-6-14(13)16)17-12(2)15(19)18-7-9-20-10-8-18/h3-6,11-12,17H,7-10H2,1-2H3/t11-,12?/m1/s1. The molecule has 5 heteroatoms. The third kappa shape index (κ3) is 3.55. The van der Waals surface area contributed by atoms with E-state index in [1.807, 2.05) is 13.8 Å². The SMILES string of the molecule is CC(N[C@H](C)c1ccccc1F)C(=O)N1CCOCC1. The molecule has 0 spiro atoms. The second kappa shape index (κ2) is 6.81. The number of hydrogen-bond acceptors (Lipinski definition) is 3. The molecule has 1 amide bonds. The number of benzene rings is 1. The smallest absolute Gasteiger partial charge is 0.239 e. The molecular weight excluding hydrogens is 259 g/mol. The number of carbonyl (C=O) groups excluding carboxylic acids is 1. The number of carbonyl (C=O) groups is 1. The Morgan fingerprint density at radius 2 is 1.95 bits per heavy atom. The number of nitrogens with zero attached hydrogens (tertiary/aromatic N) is 1. The molecule has 1 unspecified atom stereocenters. The minimum absolute atomic E-state index is 0.0384. The first-order valence-corrected chi connectivity index (χ1v) is 6.96. The molecule has 1 aliphatic heterocycles. The molecule has 1 aliphatic rings. The average Bonchev–Trinajstić information content (AvgIpc) is 2.47. The van der Waals surface area contributed by atoms with Gasteiger partial charge < -0.3 is 9.64 Å². The average molecular weight is 280 g/mol. The van der Waals surface area contributed by atoms with Gasteiger partial charge in [0, 0.05) is 24.7 Å². The molecule has 4 nitrogen and oxygen atoms in total. The van der Waals surface area contributed by atoms with Crippen molar-refractivity contribution in [2.75, 3.05) is 26.3 Å². The highest BCUT2D eigenvalue weighted by Crippen LogP contribution is 2.17. The molecule has 1 aromatic carbocycles. The lowest BCUT2D eigenvalue weighted by atomic mass is 10.1. The maximum absolute atomic E-state index is 13.7. The van der Waals surface area contributed by atoms with E-state index in [2.05, 4.69) is 5.32 Å². The Kier molecular flexibility index (Phi) is 5.09. The Labute approximate surface area is 118 Å². The van der Waals surface area contributed by atoms with Crippen LogP contribution in [0.2, 0.25) is 0 Å². The molecule has 0 radical (unpaired) electrons. The molecule has 1 heterocycles. The Balaban J connectivity index is 1.95. The van der Waals surface area contributed by atoms with E-state index in [1.54, 1.807) is 23.1 Å². The van der Waals surface area contributed by atoms with Crippen molar-refractivity contribution in [1.82, 2.24) is 10.2 Å². The van der Waals surface area contributed by atoms with Gasteiger partial charge in [0.25, 0.3) is 0 Å². The van der Waals surface area contributed by atoms with Crippen molar-refractivity contribution in [3.8, 4) is 0 Å². The molecule has 1 aromatic rings. The van der Waals surface area contributed by atoms with Crippen LogP contribution in [0, 0.1) is 5.82 Å². The van der Waals surface area contributed by atoms with Gasteiger partial charge in [-0.2, -0.15) is 0 Å². The van der Waals surface area contributed by atoms with E-state index in [4.69, 9.17) is 4.74 Å². The molecular formula is C15H21FN2O2. The summed E-state index contributed by atoms with van der Waals surface area (Å²) in [6.07, 6.45) is 0. The summed E-state index contributed by atoms with van der Waals surface area (Å²) in [4.78, 5) is 14.1. The van der Waals surface area contributed by atoms with Gasteiger partial charge in [-0.25, -0.2) is 4.39 Å². The first-order chi connectivity index (χ1) is 9.59. The molecule has 0 bridgehead atoms. The number of hydrogen-bond donors (Lipinski definition) is 1. The van der Waals surface area contributed by atoms with E-state index >= 15 is 0 Å². The van der Waals surface area contributed by atoms with E-state index in [0.717, 1.165) is 0 Å². The van der Waals surface area contributed by atoms with Crippen LogP contribution in [0.15, 0.2) is 24.3 Å². The van der Waals surface area contributed by atoms with Crippen LogP contribution in [-0.4, -0.2) is 43.2 Å². The van der Waals surface area contributed by atoms with Gasteiger partial charge in [-0.1, -0.05) is 18.2 Å². The summed E-state index contributed by atoms with van der Waals surface area (Å²) in [5.41, 5.74) is 0.578. The topological polar surface area (TPSA) is 41.6 Å². The van der Waals surface area contributed by atoms with Crippen LogP contribution in [0.25, 0.3) is 0 Å². The lowest BCUT2D eigenvalue weighted by Gasteiger charge is -2.30. The van der Waals surface area contributed by atoms with Crippen molar-refractivity contribution in [2.45, 2.75) is 25.9 Å². The van der Waals surface area contributed by atoms with Crippen LogP contribution in [0.4, 0.5) is 4.39 Å². The van der Waals surface area contributed by atoms with E-state index in [0.29, 0.717) is 31.9 Å². The zero-order valence-electron chi connectivity index (χ0n) is 11.9. The Morgan fingerprint density at radius 1 is 1.30 bits per heavy atom. The maximum atomic E-state index is 13.7. The van der Waals surface area contributed by atoms with Crippen LogP contribution in [0.5, 0.6) is 0 Å². The summed E-state index contributed by atoms with van der Waals surface area (Å²) >= 11 is 0. The summed E-state index contributed by atoms with van der Waals surface area (Å²) in [7, 11) is 0. The summed E-state index contributed by atoms with van der Waals surface area (Å²) < 4.78 is 18.9. The second-order valence-electron chi connectivity index (χ2n) is 5.07. The molecule has 110 valence electrons. The van der Waals surface area contributed by atoms with Crippen LogP contribution < -0.4 is 5.32 Å². The molecule has 0 saturated carbocycles. The van der Waals surface area contributed by atoms with Crippen LogP contribution in [0.3, 0.4) is 0 Å². The molecule has 1 N–H and O–H groups in total. The molecule has 0 aromatic heterocycles. The zero-order chi connectivity index (χ0) is 14.5. The van der Waals surface area contributed by atoms with Crippen molar-refractivity contribution in [1.29, 1.82) is 0 Å². The number of ether oxygens (including phenoxy) is 1. The fourth-order valence-electron chi connectivity index (χ4n) is 2.42. The highest BCUT2D eigenvalue weighted by atomic mass is 19.1. The fourth-order valence-corrected chi connectivity index (χ4v) is 2.42. The third-order valence-corrected chi connectivity index (χ3v) is 3.56. The van der Waals surface area contributed by atoms with E-state index in [1.165, 1.54) is 6.07 Å². The van der Waals surface area contributed by atoms with E-state index in [9.17, 15) is 9.18 Å². The Bertz CT molecular complexity index is 461. The second-order valence-corrected chi connectivity index (χ2v) is 5.07. The molecule has 0 aliphatic carbocycles. The Morgan fingerprint density at radius 3 is 2.60 bits per heavy atom. The van der Waals surface area contributed by atoms with Crippen molar-refractivity contribution >= 4 is 5.91 Å². The van der Waals surface area contributed by atoms with Crippen LogP contribution >= 0.6 is 0 Å². The normalized spacial score (nSPS) is 18.6. The lowest BCUT2D eigenvalue weighted by molar-refractivity contribution is -0.137. The molecule has 1 saturated heterocycles. The van der Waals surface area contributed by atoms with Gasteiger partial charge in [-0.05, 0) is 19.9 Å². The summed E-state index contributed by atoms with van der Waals surface area (Å²) in [6.45, 7) is 6.09. The first kappa shape index (κ1) is 14.9. The zero-order valence-corrected chi connectivity index (χ0v) is 11.9. The van der Waals surface area contributed by atoms with E-state index < -0.39 is 0 Å². The lowest BCUT2D eigenvalue weighted by Crippen LogP contribution is -2.49. The van der Waals surface area contributed by atoms with Gasteiger partial charge in [0.2, 0.25) is 5.91 Å². The molecule has 2 rings (SSSR count). The minimum Gasteiger partial charge on any atom is -0.378 e. The van der Waals surface area contributed by atoms with Gasteiger partial charge >= 0.3 is 0 Å². The Hall–Kier alpha value is -1.46. The van der Waals surface area contributed by atoms with E-state index in [-0.39, 0.29) is 23.8 Å². The fraction of sp³-hybridized carbons (Fsp3) is 0.533. The molecule has 1 fully saturated rings. The van der Waals surface area contributed by atoms with Gasteiger partial charge in [0.05, 0.1) is 19.3 Å². The summed E-state index contributed by atoms with van der Waals surface area (Å²) in [6, 6.07) is 6.07. The summed E-state index contributed by atoms with van der Waals surface area (Å²) in [5, 5.41) is 3.16. The predicted molar refractivity (Wildman–Crippen MR) is 74.8 cm³/mol.